The van der Waals surface area contributed by atoms with Gasteiger partial charge < -0.3 is 53.4 Å². The molecular formula is C36H57N7O11. The molecule has 12 N–H and O–H groups in total. The fraction of sp³-hybridized carbons (Fsp3) is 0.611. The number of nitrogens with two attached hydrogens (primary N) is 2. The van der Waals surface area contributed by atoms with Crippen molar-refractivity contribution in [3.05, 3.63) is 35.9 Å². The van der Waals surface area contributed by atoms with Gasteiger partial charge in [0.2, 0.25) is 35.4 Å². The smallest absolute Gasteiger partial charge is 0.326 e. The van der Waals surface area contributed by atoms with Crippen LogP contribution in [0.15, 0.2) is 30.3 Å². The van der Waals surface area contributed by atoms with Gasteiger partial charge in [-0.1, -0.05) is 65.0 Å². The maximum Gasteiger partial charge on any atom is 0.326 e. The van der Waals surface area contributed by atoms with Gasteiger partial charge in [-0.25, -0.2) is 4.79 Å². The van der Waals surface area contributed by atoms with Gasteiger partial charge in [0.1, 0.15) is 24.2 Å². The van der Waals surface area contributed by atoms with Crippen LogP contribution in [0.4, 0.5) is 0 Å². The summed E-state index contributed by atoms with van der Waals surface area (Å²) < 4.78 is 0. The van der Waals surface area contributed by atoms with Gasteiger partial charge in [-0.3, -0.25) is 33.6 Å². The first-order chi connectivity index (χ1) is 25.1. The van der Waals surface area contributed by atoms with Crippen LogP contribution in [-0.4, -0.2) is 105 Å². The van der Waals surface area contributed by atoms with Gasteiger partial charge in [0.25, 0.3) is 0 Å². The Balaban J connectivity index is 2.99. The van der Waals surface area contributed by atoms with Crippen molar-refractivity contribution in [3.8, 4) is 0 Å². The zero-order valence-corrected chi connectivity index (χ0v) is 31.7. The summed E-state index contributed by atoms with van der Waals surface area (Å²) in [6, 6.07) is 1.14. The predicted octanol–water partition coefficient (Wildman–Crippen LogP) is -1.09. The van der Waals surface area contributed by atoms with E-state index in [1.165, 1.54) is 13.8 Å². The highest BCUT2D eigenvalue weighted by Crippen LogP contribution is 2.17. The highest BCUT2D eigenvalue weighted by molar-refractivity contribution is 5.94. The SMILES string of the molecule is CC(C)C[C@H](NC(=O)[C@@H](CC(N)=O)NC(=O)[C@H](N)C(C)C)[C@@H](O)C[C@@H](C)C(=O)N[C@@H](C)C(=O)N[C@@H](CCC(=O)O)C(=O)N[C@@H](Cc1ccccc1)C(=O)O. The molecule has 6 amide bonds. The van der Waals surface area contributed by atoms with E-state index < -0.39 is 108 Å². The van der Waals surface area contributed by atoms with Crippen LogP contribution in [0, 0.1) is 17.8 Å². The Morgan fingerprint density at radius 2 is 1.24 bits per heavy atom. The van der Waals surface area contributed by atoms with E-state index >= 15 is 0 Å². The minimum Gasteiger partial charge on any atom is -0.481 e. The average Bonchev–Trinajstić information content (AvgIpc) is 3.08. The Labute approximate surface area is 314 Å². The molecule has 0 spiro atoms. The number of rotatable bonds is 24. The summed E-state index contributed by atoms with van der Waals surface area (Å²) in [7, 11) is 0. The number of hydrogen-bond donors (Lipinski definition) is 10. The number of aliphatic hydroxyl groups is 1. The maximum absolute atomic E-state index is 13.2. The first-order valence-electron chi connectivity index (χ1n) is 17.8. The van der Waals surface area contributed by atoms with Crippen molar-refractivity contribution in [2.75, 3.05) is 0 Å². The van der Waals surface area contributed by atoms with Gasteiger partial charge >= 0.3 is 11.9 Å². The average molecular weight is 764 g/mol. The number of amides is 6. The molecule has 0 saturated heterocycles. The summed E-state index contributed by atoms with van der Waals surface area (Å²) in [5.74, 6) is -8.62. The summed E-state index contributed by atoms with van der Waals surface area (Å²) in [6.45, 7) is 9.87. The molecule has 0 bridgehead atoms. The van der Waals surface area contributed by atoms with E-state index in [1.54, 1.807) is 44.2 Å². The molecule has 18 nitrogen and oxygen atoms in total. The number of aliphatic hydroxyl groups excluding tert-OH is 1. The zero-order valence-electron chi connectivity index (χ0n) is 31.7. The molecule has 0 radical (unpaired) electrons. The van der Waals surface area contributed by atoms with Crippen molar-refractivity contribution in [3.63, 3.8) is 0 Å². The number of carboxylic acid groups (broad SMARTS) is 2. The van der Waals surface area contributed by atoms with Crippen molar-refractivity contribution >= 4 is 47.4 Å². The third-order valence-electron chi connectivity index (χ3n) is 8.55. The van der Waals surface area contributed by atoms with Gasteiger partial charge in [-0.2, -0.15) is 0 Å². The number of aliphatic carboxylic acids is 2. The minimum absolute atomic E-state index is 0.0493. The topological polar surface area (TPSA) is 309 Å². The van der Waals surface area contributed by atoms with E-state index in [9.17, 15) is 53.7 Å². The maximum atomic E-state index is 13.2. The summed E-state index contributed by atoms with van der Waals surface area (Å²) in [6.07, 6.45) is -2.74. The summed E-state index contributed by atoms with van der Waals surface area (Å²) >= 11 is 0. The van der Waals surface area contributed by atoms with Crippen LogP contribution in [0.1, 0.15) is 79.2 Å². The number of nitrogens with one attached hydrogen (secondary N) is 5. The lowest BCUT2D eigenvalue weighted by atomic mass is 9.92. The molecule has 0 aliphatic rings. The Morgan fingerprint density at radius 1 is 0.685 bits per heavy atom. The van der Waals surface area contributed by atoms with Crippen molar-refractivity contribution in [2.45, 2.75) is 122 Å². The fourth-order valence-corrected chi connectivity index (χ4v) is 5.29. The van der Waals surface area contributed by atoms with E-state index in [4.69, 9.17) is 11.5 Å². The van der Waals surface area contributed by atoms with Crippen LogP contribution in [0.25, 0.3) is 0 Å². The molecule has 0 aliphatic carbocycles. The fourth-order valence-electron chi connectivity index (χ4n) is 5.29. The van der Waals surface area contributed by atoms with Gasteiger partial charge in [-0.15, -0.1) is 0 Å². The molecule has 54 heavy (non-hydrogen) atoms. The lowest BCUT2D eigenvalue weighted by Gasteiger charge is -2.30. The lowest BCUT2D eigenvalue weighted by molar-refractivity contribution is -0.143. The molecule has 8 atom stereocenters. The van der Waals surface area contributed by atoms with Crippen LogP contribution in [0.5, 0.6) is 0 Å². The monoisotopic (exact) mass is 763 g/mol. The second-order valence-corrected chi connectivity index (χ2v) is 14.3. The Kier molecular flexibility index (Phi) is 19.9. The van der Waals surface area contributed by atoms with Crippen LogP contribution < -0.4 is 38.1 Å². The highest BCUT2D eigenvalue weighted by atomic mass is 16.4. The number of hydrogen-bond acceptors (Lipinski definition) is 10. The predicted molar refractivity (Wildman–Crippen MR) is 196 cm³/mol. The molecule has 1 aromatic carbocycles. The number of benzene rings is 1. The van der Waals surface area contributed by atoms with E-state index in [2.05, 4.69) is 26.6 Å². The van der Waals surface area contributed by atoms with E-state index in [-0.39, 0.29) is 37.5 Å². The van der Waals surface area contributed by atoms with E-state index in [1.807, 2.05) is 13.8 Å². The molecule has 0 fully saturated rings. The van der Waals surface area contributed by atoms with E-state index in [0.717, 1.165) is 0 Å². The van der Waals surface area contributed by atoms with Gasteiger partial charge in [0.05, 0.1) is 24.6 Å². The number of primary amides is 1. The lowest BCUT2D eigenvalue weighted by Crippen LogP contribution is -2.57. The highest BCUT2D eigenvalue weighted by Gasteiger charge is 2.33. The number of carboxylic acids is 2. The molecule has 0 aromatic heterocycles. The molecule has 0 saturated carbocycles. The van der Waals surface area contributed by atoms with Crippen molar-refractivity contribution in [1.82, 2.24) is 26.6 Å². The molecule has 0 heterocycles. The Morgan fingerprint density at radius 3 is 1.76 bits per heavy atom. The Bertz CT molecular complexity index is 1460. The van der Waals surface area contributed by atoms with Crippen molar-refractivity contribution in [2.24, 2.45) is 29.2 Å². The second-order valence-electron chi connectivity index (χ2n) is 14.3. The van der Waals surface area contributed by atoms with Crippen LogP contribution in [0.3, 0.4) is 0 Å². The van der Waals surface area contributed by atoms with Crippen LogP contribution in [0.2, 0.25) is 0 Å². The summed E-state index contributed by atoms with van der Waals surface area (Å²) in [5, 5.41) is 42.3. The molecule has 1 aromatic rings. The molecule has 0 unspecified atom stereocenters. The van der Waals surface area contributed by atoms with Gasteiger partial charge in [0.15, 0.2) is 0 Å². The van der Waals surface area contributed by atoms with Crippen LogP contribution >= 0.6 is 0 Å². The molecule has 18 heteroatoms. The second kappa shape index (κ2) is 22.9. The summed E-state index contributed by atoms with van der Waals surface area (Å²) in [4.78, 5) is 100. The molecular weight excluding hydrogens is 706 g/mol. The number of carbonyl (C=O) groups excluding carboxylic acids is 6. The first-order valence-corrected chi connectivity index (χ1v) is 17.8. The quantitative estimate of drug-likeness (QED) is 0.0601. The van der Waals surface area contributed by atoms with Crippen molar-refractivity contribution in [1.29, 1.82) is 0 Å². The van der Waals surface area contributed by atoms with E-state index in [0.29, 0.717) is 5.56 Å². The zero-order chi connectivity index (χ0) is 41.3. The minimum atomic E-state index is -1.45. The Hall–Kier alpha value is -5.10. The first kappa shape index (κ1) is 46.9. The van der Waals surface area contributed by atoms with Gasteiger partial charge in [0, 0.05) is 18.8 Å². The molecule has 302 valence electrons. The van der Waals surface area contributed by atoms with Crippen molar-refractivity contribution < 1.29 is 53.7 Å². The normalized spacial score (nSPS) is 15.7. The summed E-state index contributed by atoms with van der Waals surface area (Å²) in [5.41, 5.74) is 11.8. The van der Waals surface area contributed by atoms with Gasteiger partial charge in [-0.05, 0) is 43.6 Å². The third kappa shape index (κ3) is 17.2. The molecule has 1 rings (SSSR count). The molecule has 0 aliphatic heterocycles. The number of carbonyl (C=O) groups is 8. The largest absolute Gasteiger partial charge is 0.481 e. The standard InChI is InChI=1S/C36H57N7O11/c1-18(2)14-24(41-34(51)25(17-28(37)45)42-35(52)30(38)19(3)4)27(44)15-20(5)31(48)39-21(6)32(49)40-23(12-13-29(46)47)33(50)43-26(36(53)54)16-22-10-8-7-9-11-22/h7-11,18-21,23-27,30,44H,12-17,38H2,1-6H3,(H2,37,45)(H,39,48)(H,40,49)(H,41,51)(H,42,52)(H,43,50)(H,46,47)(H,53,54)/t20-,21+,23+,24+,25-,26+,27+,30-/m1/s1. The van der Waals surface area contributed by atoms with Crippen LogP contribution in [-0.2, 0) is 44.8 Å². The third-order valence-corrected chi connectivity index (χ3v) is 8.55.